The second-order valence-electron chi connectivity index (χ2n) is 2.18. The van der Waals surface area contributed by atoms with Crippen LogP contribution in [-0.2, 0) is 0 Å². The topological polar surface area (TPSA) is 20.2 Å². The van der Waals surface area contributed by atoms with Crippen molar-refractivity contribution in [2.45, 2.75) is 4.90 Å². The van der Waals surface area contributed by atoms with Crippen molar-refractivity contribution in [3.05, 3.63) is 28.2 Å². The Labute approximate surface area is 85.7 Å². The molecule has 1 rings (SSSR count). The number of halogens is 2. The van der Waals surface area contributed by atoms with Crippen molar-refractivity contribution < 1.29 is 5.11 Å². The molecule has 0 saturated carbocycles. The Balaban J connectivity index is 2.72. The molecule has 1 aromatic rings. The van der Waals surface area contributed by atoms with Crippen LogP contribution in [0.3, 0.4) is 0 Å². The number of aliphatic hydroxyl groups excluding tert-OH is 1. The first kappa shape index (κ1) is 10.2. The highest BCUT2D eigenvalue weighted by Crippen LogP contribution is 2.25. The summed E-state index contributed by atoms with van der Waals surface area (Å²) in [5, 5.41) is 9.83. The van der Waals surface area contributed by atoms with Crippen LogP contribution in [0.15, 0.2) is 23.1 Å². The molecule has 0 fully saturated rings. The summed E-state index contributed by atoms with van der Waals surface area (Å²) in [6.07, 6.45) is 0. The molecule has 0 radical (unpaired) electrons. The molecule has 1 nitrogen and oxygen atoms in total. The maximum atomic E-state index is 8.58. The van der Waals surface area contributed by atoms with E-state index in [1.165, 1.54) is 11.8 Å². The van der Waals surface area contributed by atoms with Gasteiger partial charge in [0.1, 0.15) is 0 Å². The molecule has 0 saturated heterocycles. The highest BCUT2D eigenvalue weighted by Gasteiger charge is 1.97. The molecule has 0 unspecified atom stereocenters. The van der Waals surface area contributed by atoms with Crippen molar-refractivity contribution >= 4 is 35.0 Å². The van der Waals surface area contributed by atoms with Crippen LogP contribution in [0, 0.1) is 0 Å². The number of benzene rings is 1. The predicted molar refractivity (Wildman–Crippen MR) is 54.3 cm³/mol. The van der Waals surface area contributed by atoms with Crippen molar-refractivity contribution in [3.63, 3.8) is 0 Å². The van der Waals surface area contributed by atoms with Gasteiger partial charge in [-0.15, -0.1) is 11.8 Å². The molecule has 0 heterocycles. The first-order valence-electron chi connectivity index (χ1n) is 3.42. The molecule has 0 aromatic heterocycles. The highest BCUT2D eigenvalue weighted by molar-refractivity contribution is 7.99. The molecule has 1 aromatic carbocycles. The molecule has 66 valence electrons. The van der Waals surface area contributed by atoms with Gasteiger partial charge in [-0.2, -0.15) is 0 Å². The zero-order chi connectivity index (χ0) is 8.97. The van der Waals surface area contributed by atoms with Crippen LogP contribution < -0.4 is 0 Å². The van der Waals surface area contributed by atoms with E-state index >= 15 is 0 Å². The minimum Gasteiger partial charge on any atom is -0.396 e. The summed E-state index contributed by atoms with van der Waals surface area (Å²) in [4.78, 5) is 0.988. The van der Waals surface area contributed by atoms with Crippen LogP contribution in [0.4, 0.5) is 0 Å². The second-order valence-corrected chi connectivity index (χ2v) is 4.22. The molecule has 4 heteroatoms. The van der Waals surface area contributed by atoms with Crippen molar-refractivity contribution in [2.24, 2.45) is 0 Å². The van der Waals surface area contributed by atoms with Gasteiger partial charge in [-0.3, -0.25) is 0 Å². The third-order valence-corrected chi connectivity index (χ3v) is 2.59. The van der Waals surface area contributed by atoms with E-state index in [4.69, 9.17) is 28.3 Å². The van der Waals surface area contributed by atoms with Crippen LogP contribution in [0.1, 0.15) is 0 Å². The summed E-state index contributed by atoms with van der Waals surface area (Å²) in [6.45, 7) is 0.162. The summed E-state index contributed by atoms with van der Waals surface area (Å²) in [6, 6.07) is 5.34. The fraction of sp³-hybridized carbons (Fsp3) is 0.250. The van der Waals surface area contributed by atoms with Gasteiger partial charge < -0.3 is 5.11 Å². The van der Waals surface area contributed by atoms with Gasteiger partial charge in [0, 0.05) is 20.7 Å². The Hall–Kier alpha value is 0.110. The van der Waals surface area contributed by atoms with Crippen molar-refractivity contribution in [3.8, 4) is 0 Å². The lowest BCUT2D eigenvalue weighted by molar-refractivity contribution is 0.322. The Bertz CT molecular complexity index is 245. The summed E-state index contributed by atoms with van der Waals surface area (Å²) in [5.74, 6) is 0.663. The molecule has 0 atom stereocenters. The van der Waals surface area contributed by atoms with E-state index < -0.39 is 0 Å². The van der Waals surface area contributed by atoms with Crippen molar-refractivity contribution in [1.82, 2.24) is 0 Å². The maximum absolute atomic E-state index is 8.58. The lowest BCUT2D eigenvalue weighted by atomic mass is 10.4. The van der Waals surface area contributed by atoms with Gasteiger partial charge in [-0.1, -0.05) is 23.2 Å². The Kier molecular flexibility index (Phi) is 4.22. The van der Waals surface area contributed by atoms with Gasteiger partial charge in [0.05, 0.1) is 6.61 Å². The minimum absolute atomic E-state index is 0.162. The SMILES string of the molecule is OCCSc1cc(Cl)cc(Cl)c1. The van der Waals surface area contributed by atoms with E-state index in [2.05, 4.69) is 0 Å². The van der Waals surface area contributed by atoms with E-state index in [0.29, 0.717) is 15.8 Å². The first-order valence-corrected chi connectivity index (χ1v) is 5.16. The Morgan fingerprint density at radius 2 is 1.75 bits per heavy atom. The quantitative estimate of drug-likeness (QED) is 0.794. The molecular formula is C8H8Cl2OS. The van der Waals surface area contributed by atoms with Crippen molar-refractivity contribution in [1.29, 1.82) is 0 Å². The molecule has 12 heavy (non-hydrogen) atoms. The van der Waals surface area contributed by atoms with Crippen molar-refractivity contribution in [2.75, 3.05) is 12.4 Å². The lowest BCUT2D eigenvalue weighted by Crippen LogP contribution is -1.85. The normalized spacial score (nSPS) is 10.2. The van der Waals surface area contributed by atoms with Crippen LogP contribution in [-0.4, -0.2) is 17.5 Å². The van der Waals surface area contributed by atoms with Crippen LogP contribution in [0.5, 0.6) is 0 Å². The fourth-order valence-corrected chi connectivity index (χ4v) is 2.18. The summed E-state index contributed by atoms with van der Waals surface area (Å²) < 4.78 is 0. The van der Waals surface area contributed by atoms with Crippen LogP contribution >= 0.6 is 35.0 Å². The van der Waals surface area contributed by atoms with Gasteiger partial charge in [0.25, 0.3) is 0 Å². The van der Waals surface area contributed by atoms with E-state index in [1.54, 1.807) is 6.07 Å². The predicted octanol–water partition coefficient (Wildman–Crippen LogP) is 3.08. The van der Waals surface area contributed by atoms with Crippen LogP contribution in [0.2, 0.25) is 10.0 Å². The second kappa shape index (κ2) is 4.97. The standard InChI is InChI=1S/C8H8Cl2OS/c9-6-3-7(10)5-8(4-6)12-2-1-11/h3-5,11H,1-2H2. The lowest BCUT2D eigenvalue weighted by Gasteiger charge is -2.00. The number of rotatable bonds is 3. The largest absolute Gasteiger partial charge is 0.396 e. The number of thioether (sulfide) groups is 1. The molecule has 1 N–H and O–H groups in total. The molecule has 0 aliphatic rings. The number of hydrogen-bond donors (Lipinski definition) is 1. The third-order valence-electron chi connectivity index (χ3n) is 1.20. The van der Waals surface area contributed by atoms with Crippen LogP contribution in [0.25, 0.3) is 0 Å². The molecule has 0 bridgehead atoms. The van der Waals surface area contributed by atoms with Gasteiger partial charge in [-0.05, 0) is 18.2 Å². The smallest absolute Gasteiger partial charge is 0.0525 e. The highest BCUT2D eigenvalue weighted by atomic mass is 35.5. The fourth-order valence-electron chi connectivity index (χ4n) is 0.775. The zero-order valence-electron chi connectivity index (χ0n) is 6.26. The Morgan fingerprint density at radius 3 is 2.25 bits per heavy atom. The van der Waals surface area contributed by atoms with E-state index in [9.17, 15) is 0 Å². The molecule has 0 aliphatic carbocycles. The van der Waals surface area contributed by atoms with Gasteiger partial charge in [0.15, 0.2) is 0 Å². The van der Waals surface area contributed by atoms with Gasteiger partial charge in [0.2, 0.25) is 0 Å². The molecular weight excluding hydrogens is 215 g/mol. The summed E-state index contributed by atoms with van der Waals surface area (Å²) in [5.41, 5.74) is 0. The molecule has 0 amide bonds. The van der Waals surface area contributed by atoms with E-state index in [0.717, 1.165) is 4.90 Å². The number of aliphatic hydroxyl groups is 1. The van der Waals surface area contributed by atoms with Gasteiger partial charge in [-0.25, -0.2) is 0 Å². The third kappa shape index (κ3) is 3.23. The molecule has 0 aliphatic heterocycles. The monoisotopic (exact) mass is 222 g/mol. The molecule has 0 spiro atoms. The maximum Gasteiger partial charge on any atom is 0.0525 e. The summed E-state index contributed by atoms with van der Waals surface area (Å²) in [7, 11) is 0. The summed E-state index contributed by atoms with van der Waals surface area (Å²) >= 11 is 13.1. The Morgan fingerprint density at radius 1 is 1.17 bits per heavy atom. The van der Waals surface area contributed by atoms with Gasteiger partial charge >= 0.3 is 0 Å². The van der Waals surface area contributed by atoms with E-state index in [-0.39, 0.29) is 6.61 Å². The average molecular weight is 223 g/mol. The minimum atomic E-state index is 0.162. The van der Waals surface area contributed by atoms with E-state index in [1.807, 2.05) is 12.1 Å². The average Bonchev–Trinajstić information content (AvgIpc) is 1.99. The zero-order valence-corrected chi connectivity index (χ0v) is 8.59. The number of hydrogen-bond acceptors (Lipinski definition) is 2. The first-order chi connectivity index (χ1) is 5.72.